The molecule has 3 aromatic rings. The Morgan fingerprint density at radius 2 is 2.21 bits per heavy atom. The predicted molar refractivity (Wildman–Crippen MR) is 78.6 cm³/mol. The van der Waals surface area contributed by atoms with Gasteiger partial charge in [0.05, 0.1) is 21.2 Å². The fourth-order valence-electron chi connectivity index (χ4n) is 2.22. The fourth-order valence-corrected chi connectivity index (χ4v) is 2.95. The molecular weight excluding hydrogens is 306 g/mol. The fraction of sp³-hybridized carbons (Fsp3) is 0.231. The second-order valence-electron chi connectivity index (χ2n) is 4.49. The molecule has 2 heterocycles. The third kappa shape index (κ3) is 1.97. The lowest BCUT2D eigenvalue weighted by atomic mass is 10.1. The number of aromatic amines is 1. The number of H-pyrrole nitrogens is 1. The average molecular weight is 320 g/mol. The van der Waals surface area contributed by atoms with E-state index in [9.17, 15) is 0 Å². The van der Waals surface area contributed by atoms with Crippen molar-refractivity contribution >= 4 is 27.0 Å². The van der Waals surface area contributed by atoms with Crippen LogP contribution in [0.3, 0.4) is 0 Å². The van der Waals surface area contributed by atoms with Crippen molar-refractivity contribution in [3.8, 4) is 11.3 Å². The van der Waals surface area contributed by atoms with Crippen LogP contribution in [-0.4, -0.2) is 19.7 Å². The molecular formula is C13H14BrN5. The van der Waals surface area contributed by atoms with Crippen LogP contribution in [0.15, 0.2) is 22.7 Å². The van der Waals surface area contributed by atoms with Gasteiger partial charge in [0.2, 0.25) is 0 Å². The minimum absolute atomic E-state index is 0.454. The number of aromatic nitrogens is 4. The summed E-state index contributed by atoms with van der Waals surface area (Å²) in [4.78, 5) is 7.63. The number of hydrogen-bond acceptors (Lipinski definition) is 3. The first-order chi connectivity index (χ1) is 9.10. The highest BCUT2D eigenvalue weighted by Gasteiger charge is 2.14. The van der Waals surface area contributed by atoms with E-state index in [2.05, 4.69) is 37.1 Å². The number of aryl methyl sites for hydroxylation is 2. The van der Waals surface area contributed by atoms with Crippen LogP contribution in [0, 0.1) is 6.92 Å². The van der Waals surface area contributed by atoms with Gasteiger partial charge in [-0.3, -0.25) is 4.68 Å². The Labute approximate surface area is 119 Å². The smallest absolute Gasteiger partial charge is 0.107 e. The molecule has 0 unspecified atom stereocenters. The number of nitrogens with two attached hydrogens (primary N) is 1. The van der Waals surface area contributed by atoms with E-state index >= 15 is 0 Å². The van der Waals surface area contributed by atoms with Gasteiger partial charge in [0, 0.05) is 19.2 Å². The number of benzene rings is 1. The standard InChI is InChI=1S/C13H14BrN5/c1-7-16-9-4-3-8(5-10(9)17-7)13-12(14)11(6-15)19(2)18-13/h3-5H,6,15H2,1-2H3,(H,16,17). The molecule has 3 rings (SSSR count). The van der Waals surface area contributed by atoms with Crippen LogP contribution in [0.1, 0.15) is 11.5 Å². The molecule has 0 aliphatic heterocycles. The van der Waals surface area contributed by atoms with Gasteiger partial charge in [-0.1, -0.05) is 6.07 Å². The molecule has 3 N–H and O–H groups in total. The molecule has 0 saturated carbocycles. The highest BCUT2D eigenvalue weighted by molar-refractivity contribution is 9.10. The Morgan fingerprint density at radius 3 is 2.89 bits per heavy atom. The summed E-state index contributed by atoms with van der Waals surface area (Å²) in [6, 6.07) is 6.08. The van der Waals surface area contributed by atoms with Crippen molar-refractivity contribution in [1.82, 2.24) is 19.7 Å². The Morgan fingerprint density at radius 1 is 1.42 bits per heavy atom. The van der Waals surface area contributed by atoms with Gasteiger partial charge >= 0.3 is 0 Å². The third-order valence-electron chi connectivity index (χ3n) is 3.17. The van der Waals surface area contributed by atoms with E-state index in [1.54, 1.807) is 0 Å². The molecule has 1 aromatic carbocycles. The maximum atomic E-state index is 5.73. The Balaban J connectivity index is 2.18. The van der Waals surface area contributed by atoms with Gasteiger partial charge in [0.25, 0.3) is 0 Å². The summed E-state index contributed by atoms with van der Waals surface area (Å²) in [5, 5.41) is 4.52. The highest BCUT2D eigenvalue weighted by atomic mass is 79.9. The van der Waals surface area contributed by atoms with Gasteiger partial charge in [0.15, 0.2) is 0 Å². The molecule has 0 aliphatic carbocycles. The van der Waals surface area contributed by atoms with Crippen LogP contribution in [0.4, 0.5) is 0 Å². The van der Waals surface area contributed by atoms with Gasteiger partial charge in [-0.05, 0) is 35.0 Å². The zero-order valence-corrected chi connectivity index (χ0v) is 12.3. The summed E-state index contributed by atoms with van der Waals surface area (Å²) < 4.78 is 2.76. The van der Waals surface area contributed by atoms with Crippen LogP contribution in [-0.2, 0) is 13.6 Å². The summed E-state index contributed by atoms with van der Waals surface area (Å²) >= 11 is 3.58. The molecule has 0 amide bonds. The quantitative estimate of drug-likeness (QED) is 0.762. The Kier molecular flexibility index (Phi) is 2.91. The van der Waals surface area contributed by atoms with Crippen molar-refractivity contribution in [2.75, 3.05) is 0 Å². The van der Waals surface area contributed by atoms with Crippen molar-refractivity contribution < 1.29 is 0 Å². The van der Waals surface area contributed by atoms with Crippen molar-refractivity contribution in [2.45, 2.75) is 13.5 Å². The molecule has 0 aliphatic rings. The first-order valence-electron chi connectivity index (χ1n) is 5.98. The number of nitrogens with zero attached hydrogens (tertiary/aromatic N) is 3. The lowest BCUT2D eigenvalue weighted by Crippen LogP contribution is -2.04. The van der Waals surface area contributed by atoms with E-state index in [1.165, 1.54) is 0 Å². The summed E-state index contributed by atoms with van der Waals surface area (Å²) in [6.07, 6.45) is 0. The van der Waals surface area contributed by atoms with Crippen molar-refractivity contribution in [1.29, 1.82) is 0 Å². The number of imidazole rings is 1. The lowest BCUT2D eigenvalue weighted by molar-refractivity contribution is 0.713. The van der Waals surface area contributed by atoms with E-state index in [-0.39, 0.29) is 0 Å². The largest absolute Gasteiger partial charge is 0.342 e. The number of rotatable bonds is 2. The SMILES string of the molecule is Cc1nc2ccc(-c3nn(C)c(CN)c3Br)cc2[nH]1. The van der Waals surface area contributed by atoms with E-state index in [0.29, 0.717) is 6.54 Å². The minimum Gasteiger partial charge on any atom is -0.342 e. The summed E-state index contributed by atoms with van der Waals surface area (Å²) in [5.41, 5.74) is 10.6. The predicted octanol–water partition coefficient (Wildman–Crippen LogP) is 2.49. The molecule has 6 heteroatoms. The summed E-state index contributed by atoms with van der Waals surface area (Å²) in [7, 11) is 1.90. The van der Waals surface area contributed by atoms with Crippen LogP contribution in [0.5, 0.6) is 0 Å². The van der Waals surface area contributed by atoms with Gasteiger partial charge in [-0.2, -0.15) is 5.10 Å². The molecule has 0 spiro atoms. The van der Waals surface area contributed by atoms with E-state index in [1.807, 2.05) is 30.8 Å². The summed E-state index contributed by atoms with van der Waals surface area (Å²) in [6.45, 7) is 2.40. The molecule has 19 heavy (non-hydrogen) atoms. The second-order valence-corrected chi connectivity index (χ2v) is 5.28. The van der Waals surface area contributed by atoms with Gasteiger partial charge in [0.1, 0.15) is 11.5 Å². The molecule has 0 saturated heterocycles. The normalized spacial score (nSPS) is 11.4. The molecule has 98 valence electrons. The molecule has 0 atom stereocenters. The molecule has 5 nitrogen and oxygen atoms in total. The van der Waals surface area contributed by atoms with Gasteiger partial charge in [-0.15, -0.1) is 0 Å². The van der Waals surface area contributed by atoms with Gasteiger partial charge in [-0.25, -0.2) is 4.98 Å². The summed E-state index contributed by atoms with van der Waals surface area (Å²) in [5.74, 6) is 0.912. The Hall–Kier alpha value is -1.66. The van der Waals surface area contributed by atoms with Gasteiger partial charge < -0.3 is 10.7 Å². The van der Waals surface area contributed by atoms with Crippen molar-refractivity contribution in [3.63, 3.8) is 0 Å². The molecule has 0 radical (unpaired) electrons. The van der Waals surface area contributed by atoms with Crippen LogP contribution in [0.2, 0.25) is 0 Å². The number of halogens is 1. The van der Waals surface area contributed by atoms with Crippen molar-refractivity contribution in [2.24, 2.45) is 12.8 Å². The number of hydrogen-bond donors (Lipinski definition) is 2. The van der Waals surface area contributed by atoms with E-state index in [0.717, 1.165) is 38.3 Å². The average Bonchev–Trinajstić information content (AvgIpc) is 2.87. The maximum absolute atomic E-state index is 5.73. The zero-order chi connectivity index (χ0) is 13.6. The third-order valence-corrected chi connectivity index (χ3v) is 4.00. The Bertz CT molecular complexity index is 756. The van der Waals surface area contributed by atoms with E-state index < -0.39 is 0 Å². The van der Waals surface area contributed by atoms with Crippen LogP contribution >= 0.6 is 15.9 Å². The molecule has 0 fully saturated rings. The van der Waals surface area contributed by atoms with Crippen molar-refractivity contribution in [3.05, 3.63) is 34.2 Å². The topological polar surface area (TPSA) is 72.5 Å². The number of fused-ring (bicyclic) bond motifs is 1. The second kappa shape index (κ2) is 4.47. The minimum atomic E-state index is 0.454. The van der Waals surface area contributed by atoms with Crippen LogP contribution < -0.4 is 5.73 Å². The lowest BCUT2D eigenvalue weighted by Gasteiger charge is -1.98. The first-order valence-corrected chi connectivity index (χ1v) is 6.77. The number of nitrogens with one attached hydrogen (secondary N) is 1. The molecule has 0 bridgehead atoms. The maximum Gasteiger partial charge on any atom is 0.107 e. The van der Waals surface area contributed by atoms with Crippen LogP contribution in [0.25, 0.3) is 22.3 Å². The first kappa shape index (κ1) is 12.4. The zero-order valence-electron chi connectivity index (χ0n) is 10.7. The molecule has 2 aromatic heterocycles. The van der Waals surface area contributed by atoms with E-state index in [4.69, 9.17) is 5.73 Å². The highest BCUT2D eigenvalue weighted by Crippen LogP contribution is 2.31. The monoisotopic (exact) mass is 319 g/mol.